The predicted molar refractivity (Wildman–Crippen MR) is 98.8 cm³/mol. The van der Waals surface area contributed by atoms with Crippen molar-refractivity contribution in [3.63, 3.8) is 0 Å². The summed E-state index contributed by atoms with van der Waals surface area (Å²) in [5, 5.41) is 14.8. The van der Waals surface area contributed by atoms with Gasteiger partial charge < -0.3 is 19.9 Å². The molecule has 0 aromatic carbocycles. The van der Waals surface area contributed by atoms with Gasteiger partial charge in [0.05, 0.1) is 32.5 Å². The molecule has 0 aromatic rings. The van der Waals surface area contributed by atoms with Crippen LogP contribution < -0.4 is 5.32 Å². The Balaban J connectivity index is 1.64. The first-order chi connectivity index (χ1) is 11.9. The van der Waals surface area contributed by atoms with Gasteiger partial charge in [0.25, 0.3) is 0 Å². The Morgan fingerprint density at radius 3 is 1.96 bits per heavy atom. The van der Waals surface area contributed by atoms with Crippen LogP contribution in [-0.2, 0) is 9.47 Å². The number of piperidine rings is 1. The first-order valence-corrected chi connectivity index (χ1v) is 9.98. The van der Waals surface area contributed by atoms with Crippen LogP contribution >= 0.6 is 0 Å². The average Bonchev–Trinajstić information content (AvgIpc) is 2.58. The van der Waals surface area contributed by atoms with Crippen molar-refractivity contribution in [2.75, 3.05) is 65.7 Å². The lowest BCUT2D eigenvalue weighted by Crippen LogP contribution is -2.63. The standard InChI is InChI=1S/C19H37N3O3/c1-19(2,3)18-17(23)15(13-21-4-8-24-9-5-21)12-16(20-18)14-22-6-10-25-11-7-22/h15-18,20,23H,4-14H2,1-3H3. The van der Waals surface area contributed by atoms with Gasteiger partial charge in [-0.15, -0.1) is 0 Å². The van der Waals surface area contributed by atoms with E-state index < -0.39 is 0 Å². The number of nitrogens with zero attached hydrogens (tertiary/aromatic N) is 2. The molecule has 2 N–H and O–H groups in total. The highest BCUT2D eigenvalue weighted by molar-refractivity contribution is 4.99. The molecular formula is C19H37N3O3. The fraction of sp³-hybridized carbons (Fsp3) is 1.00. The van der Waals surface area contributed by atoms with Crippen LogP contribution in [0.5, 0.6) is 0 Å². The summed E-state index contributed by atoms with van der Waals surface area (Å²) in [5.41, 5.74) is 0.0480. The van der Waals surface area contributed by atoms with Crippen molar-refractivity contribution >= 4 is 0 Å². The Morgan fingerprint density at radius 1 is 0.920 bits per heavy atom. The molecule has 3 aliphatic rings. The summed E-state index contributed by atoms with van der Waals surface area (Å²) < 4.78 is 11.0. The van der Waals surface area contributed by atoms with E-state index in [0.29, 0.717) is 12.0 Å². The third-order valence-electron chi connectivity index (χ3n) is 5.94. The van der Waals surface area contributed by atoms with Crippen molar-refractivity contribution in [1.29, 1.82) is 0 Å². The quantitative estimate of drug-likeness (QED) is 0.762. The summed E-state index contributed by atoms with van der Waals surface area (Å²) >= 11 is 0. The highest BCUT2D eigenvalue weighted by Crippen LogP contribution is 2.32. The minimum atomic E-state index is -0.288. The van der Waals surface area contributed by atoms with Crippen LogP contribution in [0.15, 0.2) is 0 Å². The lowest BCUT2D eigenvalue weighted by atomic mass is 9.74. The maximum atomic E-state index is 11.1. The summed E-state index contributed by atoms with van der Waals surface area (Å²) in [6.45, 7) is 16.1. The number of rotatable bonds is 4. The molecule has 6 heteroatoms. The molecule has 146 valence electrons. The van der Waals surface area contributed by atoms with E-state index in [1.165, 1.54) is 0 Å². The van der Waals surface area contributed by atoms with E-state index in [-0.39, 0.29) is 17.6 Å². The zero-order valence-corrected chi connectivity index (χ0v) is 16.2. The summed E-state index contributed by atoms with van der Waals surface area (Å²) in [7, 11) is 0. The van der Waals surface area contributed by atoms with Crippen molar-refractivity contribution in [1.82, 2.24) is 15.1 Å². The smallest absolute Gasteiger partial charge is 0.0739 e. The first kappa shape index (κ1) is 19.5. The summed E-state index contributed by atoms with van der Waals surface area (Å²) in [4.78, 5) is 4.97. The Kier molecular flexibility index (Phi) is 6.74. The molecule has 4 atom stereocenters. The molecule has 4 unspecified atom stereocenters. The van der Waals surface area contributed by atoms with Crippen LogP contribution in [-0.4, -0.2) is 98.8 Å². The van der Waals surface area contributed by atoms with Crippen molar-refractivity contribution in [2.45, 2.75) is 45.4 Å². The number of aliphatic hydroxyl groups excluding tert-OH is 1. The van der Waals surface area contributed by atoms with E-state index in [1.807, 2.05) is 0 Å². The fourth-order valence-corrected chi connectivity index (χ4v) is 4.48. The Bertz CT molecular complexity index is 403. The van der Waals surface area contributed by atoms with Crippen molar-refractivity contribution in [2.24, 2.45) is 11.3 Å². The number of morpholine rings is 2. The SMILES string of the molecule is CC(C)(C)C1NC(CN2CCOCC2)CC(CN2CCOCC2)C1O. The molecule has 0 spiro atoms. The molecular weight excluding hydrogens is 318 g/mol. The second-order valence-corrected chi connectivity index (χ2v) is 9.02. The summed E-state index contributed by atoms with van der Waals surface area (Å²) in [5.74, 6) is 0.328. The third-order valence-corrected chi connectivity index (χ3v) is 5.94. The normalized spacial score (nSPS) is 36.5. The van der Waals surface area contributed by atoms with Gasteiger partial charge in [-0.3, -0.25) is 9.80 Å². The van der Waals surface area contributed by atoms with Gasteiger partial charge in [-0.25, -0.2) is 0 Å². The molecule has 3 aliphatic heterocycles. The predicted octanol–water partition coefficient (Wildman–Crippen LogP) is 0.405. The molecule has 0 bridgehead atoms. The van der Waals surface area contributed by atoms with E-state index in [1.54, 1.807) is 0 Å². The van der Waals surface area contributed by atoms with Gasteiger partial charge >= 0.3 is 0 Å². The Labute approximate surface area is 152 Å². The molecule has 3 heterocycles. The van der Waals surface area contributed by atoms with Crippen LogP contribution in [0.1, 0.15) is 27.2 Å². The largest absolute Gasteiger partial charge is 0.391 e. The number of ether oxygens (including phenoxy) is 2. The van der Waals surface area contributed by atoms with E-state index >= 15 is 0 Å². The van der Waals surface area contributed by atoms with Gasteiger partial charge in [-0.2, -0.15) is 0 Å². The van der Waals surface area contributed by atoms with Gasteiger partial charge in [0, 0.05) is 57.3 Å². The molecule has 0 aliphatic carbocycles. The highest BCUT2D eigenvalue weighted by Gasteiger charge is 2.42. The number of aliphatic hydroxyl groups is 1. The molecule has 0 amide bonds. The van der Waals surface area contributed by atoms with Crippen LogP contribution in [0.3, 0.4) is 0 Å². The van der Waals surface area contributed by atoms with Crippen LogP contribution in [0, 0.1) is 11.3 Å². The molecule has 3 rings (SSSR count). The van der Waals surface area contributed by atoms with E-state index in [9.17, 15) is 5.11 Å². The van der Waals surface area contributed by atoms with Gasteiger partial charge in [-0.1, -0.05) is 20.8 Å². The summed E-state index contributed by atoms with van der Waals surface area (Å²) in [6, 6.07) is 0.579. The second kappa shape index (κ2) is 8.63. The minimum absolute atomic E-state index is 0.0480. The highest BCUT2D eigenvalue weighted by atomic mass is 16.5. The van der Waals surface area contributed by atoms with Crippen molar-refractivity contribution in [3.8, 4) is 0 Å². The Morgan fingerprint density at radius 2 is 1.44 bits per heavy atom. The molecule has 3 saturated heterocycles. The maximum Gasteiger partial charge on any atom is 0.0739 e. The Hall–Kier alpha value is -0.240. The zero-order chi connectivity index (χ0) is 17.9. The van der Waals surface area contributed by atoms with Crippen molar-refractivity contribution < 1.29 is 14.6 Å². The van der Waals surface area contributed by atoms with Gasteiger partial charge in [0.15, 0.2) is 0 Å². The lowest BCUT2D eigenvalue weighted by Gasteiger charge is -2.48. The van der Waals surface area contributed by atoms with Gasteiger partial charge in [0.2, 0.25) is 0 Å². The summed E-state index contributed by atoms with van der Waals surface area (Å²) in [6.07, 6.45) is 0.756. The van der Waals surface area contributed by atoms with Crippen molar-refractivity contribution in [3.05, 3.63) is 0 Å². The first-order valence-electron chi connectivity index (χ1n) is 9.98. The lowest BCUT2D eigenvalue weighted by molar-refractivity contribution is -0.0466. The fourth-order valence-electron chi connectivity index (χ4n) is 4.48. The minimum Gasteiger partial charge on any atom is -0.391 e. The second-order valence-electron chi connectivity index (χ2n) is 9.02. The van der Waals surface area contributed by atoms with Crippen LogP contribution in [0.4, 0.5) is 0 Å². The number of nitrogens with one attached hydrogen (secondary N) is 1. The van der Waals surface area contributed by atoms with Gasteiger partial charge in [0.1, 0.15) is 0 Å². The van der Waals surface area contributed by atoms with E-state index in [2.05, 4.69) is 35.9 Å². The molecule has 3 fully saturated rings. The monoisotopic (exact) mass is 355 g/mol. The van der Waals surface area contributed by atoms with E-state index in [0.717, 1.165) is 72.1 Å². The van der Waals surface area contributed by atoms with Crippen LogP contribution in [0.25, 0.3) is 0 Å². The molecule has 0 radical (unpaired) electrons. The average molecular weight is 356 g/mol. The number of hydrogen-bond acceptors (Lipinski definition) is 6. The number of hydrogen-bond donors (Lipinski definition) is 2. The molecule has 0 saturated carbocycles. The third kappa shape index (κ3) is 5.37. The van der Waals surface area contributed by atoms with Crippen LogP contribution in [0.2, 0.25) is 0 Å². The zero-order valence-electron chi connectivity index (χ0n) is 16.2. The maximum absolute atomic E-state index is 11.1. The molecule has 0 aromatic heterocycles. The topological polar surface area (TPSA) is 57.2 Å². The van der Waals surface area contributed by atoms with E-state index in [4.69, 9.17) is 9.47 Å². The molecule has 6 nitrogen and oxygen atoms in total. The van der Waals surface area contributed by atoms with Gasteiger partial charge in [-0.05, 0) is 11.8 Å². The molecule has 25 heavy (non-hydrogen) atoms.